The first-order valence-electron chi connectivity index (χ1n) is 9.25. The van der Waals surface area contributed by atoms with Gasteiger partial charge >= 0.3 is 0 Å². The largest absolute Gasteiger partial charge is 0.368 e. The van der Waals surface area contributed by atoms with Crippen LogP contribution in [0.15, 0.2) is 90.2 Å². The average molecular weight is 397 g/mol. The normalized spacial score (nSPS) is 11.6. The molecule has 5 heteroatoms. The van der Waals surface area contributed by atoms with Gasteiger partial charge in [-0.05, 0) is 28.3 Å². The summed E-state index contributed by atoms with van der Waals surface area (Å²) in [5, 5.41) is 9.58. The Morgan fingerprint density at radius 1 is 0.862 bits per heavy atom. The molecule has 0 radical (unpaired) electrons. The van der Waals surface area contributed by atoms with Gasteiger partial charge in [0.05, 0.1) is 23.1 Å². The van der Waals surface area contributed by atoms with Crippen molar-refractivity contribution in [2.75, 3.05) is 5.73 Å². The van der Waals surface area contributed by atoms with Crippen LogP contribution in [-0.2, 0) is 0 Å². The van der Waals surface area contributed by atoms with Crippen molar-refractivity contribution < 1.29 is 0 Å². The summed E-state index contributed by atoms with van der Waals surface area (Å²) in [5.74, 6) is 0.322. The third kappa shape index (κ3) is 3.24. The smallest absolute Gasteiger partial charge is 0.221 e. The molecule has 0 bridgehead atoms. The minimum atomic E-state index is 0.322. The highest BCUT2D eigenvalue weighted by Gasteiger charge is 2.08. The van der Waals surface area contributed by atoms with Crippen LogP contribution in [0.1, 0.15) is 5.56 Å². The summed E-state index contributed by atoms with van der Waals surface area (Å²) in [6, 6.07) is 26.4. The van der Waals surface area contributed by atoms with Crippen LogP contribution in [0.4, 0.5) is 5.95 Å². The van der Waals surface area contributed by atoms with Crippen molar-refractivity contribution in [3.63, 3.8) is 0 Å². The summed E-state index contributed by atoms with van der Waals surface area (Å²) >= 11 is 6.70. The fraction of sp³-hybridized carbons (Fsp3) is 0. The molecule has 0 atom stereocenters. The van der Waals surface area contributed by atoms with Crippen LogP contribution in [0.5, 0.6) is 0 Å². The highest BCUT2D eigenvalue weighted by Crippen LogP contribution is 2.30. The van der Waals surface area contributed by atoms with E-state index in [2.05, 4.69) is 40.4 Å². The predicted octanol–water partition coefficient (Wildman–Crippen LogP) is 5.97. The molecule has 0 spiro atoms. The van der Waals surface area contributed by atoms with E-state index in [1.54, 1.807) is 10.9 Å². The number of imidazole rings is 1. The van der Waals surface area contributed by atoms with Crippen LogP contribution < -0.4 is 5.73 Å². The van der Waals surface area contributed by atoms with Gasteiger partial charge in [0.15, 0.2) is 0 Å². The lowest BCUT2D eigenvalue weighted by atomic mass is 10.0. The van der Waals surface area contributed by atoms with Gasteiger partial charge < -0.3 is 5.73 Å². The Morgan fingerprint density at radius 3 is 2.38 bits per heavy atom. The molecule has 0 saturated heterocycles. The zero-order valence-electron chi connectivity index (χ0n) is 15.5. The molecule has 0 fully saturated rings. The van der Waals surface area contributed by atoms with Crippen molar-refractivity contribution in [1.82, 2.24) is 9.66 Å². The molecule has 4 nitrogen and oxygen atoms in total. The van der Waals surface area contributed by atoms with E-state index in [4.69, 9.17) is 17.3 Å². The molecule has 1 aromatic heterocycles. The molecule has 2 N–H and O–H groups in total. The van der Waals surface area contributed by atoms with Crippen LogP contribution in [0, 0.1) is 0 Å². The molecule has 5 rings (SSSR count). The number of hydrogen-bond donors (Lipinski definition) is 1. The summed E-state index contributed by atoms with van der Waals surface area (Å²) in [5.41, 5.74) is 8.63. The lowest BCUT2D eigenvalue weighted by Gasteiger charge is -2.06. The highest BCUT2D eigenvalue weighted by atomic mass is 35.5. The van der Waals surface area contributed by atoms with E-state index in [0.717, 1.165) is 33.0 Å². The first-order chi connectivity index (χ1) is 14.2. The first-order valence-corrected chi connectivity index (χ1v) is 9.62. The molecule has 140 valence electrons. The van der Waals surface area contributed by atoms with Crippen LogP contribution >= 0.6 is 11.6 Å². The third-order valence-corrected chi connectivity index (χ3v) is 5.38. The van der Waals surface area contributed by atoms with E-state index in [9.17, 15) is 0 Å². The van der Waals surface area contributed by atoms with Crippen molar-refractivity contribution in [2.45, 2.75) is 0 Å². The van der Waals surface area contributed by atoms with E-state index >= 15 is 0 Å². The van der Waals surface area contributed by atoms with Crippen molar-refractivity contribution in [2.24, 2.45) is 5.10 Å². The highest BCUT2D eigenvalue weighted by molar-refractivity contribution is 6.38. The standard InChI is InChI=1S/C24H17ClN4/c25-23-20(11-10-19-12-17-8-4-5-9-18(17)13-21(19)23)14-27-29-15-22(28-24(29)26)16-6-2-1-3-7-16/h1-15H,(H2,26,28)/b27-14+. The topological polar surface area (TPSA) is 56.2 Å². The summed E-state index contributed by atoms with van der Waals surface area (Å²) in [4.78, 5) is 4.39. The monoisotopic (exact) mass is 396 g/mol. The number of nitrogens with two attached hydrogens (primary N) is 1. The van der Waals surface area contributed by atoms with Gasteiger partial charge in [0.1, 0.15) is 0 Å². The molecule has 0 amide bonds. The van der Waals surface area contributed by atoms with Crippen molar-refractivity contribution in [3.8, 4) is 11.3 Å². The number of nitrogens with zero attached hydrogens (tertiary/aromatic N) is 3. The molecule has 0 aliphatic heterocycles. The van der Waals surface area contributed by atoms with Crippen LogP contribution in [0.3, 0.4) is 0 Å². The summed E-state index contributed by atoms with van der Waals surface area (Å²) in [6.45, 7) is 0. The SMILES string of the molecule is Nc1nc(-c2ccccc2)cn1/N=C/c1ccc2cc3ccccc3cc2c1Cl. The Hall–Kier alpha value is -3.63. The molecular formula is C24H17ClN4. The van der Waals surface area contributed by atoms with E-state index in [1.165, 1.54) is 5.39 Å². The van der Waals surface area contributed by atoms with Gasteiger partial charge in [0.2, 0.25) is 5.95 Å². The number of hydrogen-bond acceptors (Lipinski definition) is 3. The Balaban J connectivity index is 1.53. The van der Waals surface area contributed by atoms with Crippen molar-refractivity contribution in [3.05, 3.63) is 95.6 Å². The molecule has 29 heavy (non-hydrogen) atoms. The molecule has 0 unspecified atom stereocenters. The molecular weight excluding hydrogens is 380 g/mol. The van der Waals surface area contributed by atoms with Gasteiger partial charge in [-0.1, -0.05) is 78.3 Å². The zero-order chi connectivity index (χ0) is 19.8. The molecule has 4 aromatic carbocycles. The lowest BCUT2D eigenvalue weighted by molar-refractivity contribution is 0.898. The zero-order valence-corrected chi connectivity index (χ0v) is 16.2. The van der Waals surface area contributed by atoms with Gasteiger partial charge in [-0.15, -0.1) is 0 Å². The third-order valence-electron chi connectivity index (χ3n) is 4.96. The van der Waals surface area contributed by atoms with Crippen LogP contribution in [0.25, 0.3) is 32.8 Å². The Bertz CT molecular complexity index is 1370. The Morgan fingerprint density at radius 2 is 1.59 bits per heavy atom. The van der Waals surface area contributed by atoms with E-state index in [0.29, 0.717) is 11.0 Å². The van der Waals surface area contributed by atoms with Gasteiger partial charge in [-0.2, -0.15) is 5.10 Å². The summed E-state index contributed by atoms with van der Waals surface area (Å²) in [6.07, 6.45) is 3.52. The summed E-state index contributed by atoms with van der Waals surface area (Å²) < 4.78 is 1.56. The second kappa shape index (κ2) is 7.08. The number of rotatable bonds is 3. The van der Waals surface area contributed by atoms with Gasteiger partial charge in [-0.3, -0.25) is 0 Å². The number of anilines is 1. The quantitative estimate of drug-likeness (QED) is 0.301. The van der Waals surface area contributed by atoms with Crippen LogP contribution in [-0.4, -0.2) is 15.9 Å². The van der Waals surface area contributed by atoms with Gasteiger partial charge in [0.25, 0.3) is 0 Å². The van der Waals surface area contributed by atoms with Crippen molar-refractivity contribution in [1.29, 1.82) is 0 Å². The maximum atomic E-state index is 6.70. The molecule has 0 saturated carbocycles. The summed E-state index contributed by atoms with van der Waals surface area (Å²) in [7, 11) is 0. The molecule has 0 aliphatic rings. The maximum Gasteiger partial charge on any atom is 0.221 e. The minimum Gasteiger partial charge on any atom is -0.368 e. The lowest BCUT2D eigenvalue weighted by Crippen LogP contribution is -1.97. The Labute approximate surface area is 172 Å². The Kier molecular flexibility index (Phi) is 4.26. The molecule has 1 heterocycles. The molecule has 5 aromatic rings. The number of nitrogen functional groups attached to an aromatic ring is 1. The maximum absolute atomic E-state index is 6.70. The second-order valence-corrected chi connectivity index (χ2v) is 7.21. The van der Waals surface area contributed by atoms with Gasteiger partial charge in [0, 0.05) is 16.5 Å². The van der Waals surface area contributed by atoms with E-state index in [1.807, 2.05) is 54.7 Å². The van der Waals surface area contributed by atoms with Crippen LogP contribution in [0.2, 0.25) is 5.02 Å². The first kappa shape index (κ1) is 17.5. The van der Waals surface area contributed by atoms with Crippen molar-refractivity contribution >= 4 is 45.3 Å². The predicted molar refractivity (Wildman–Crippen MR) is 122 cm³/mol. The number of fused-ring (bicyclic) bond motifs is 2. The van der Waals surface area contributed by atoms with E-state index < -0.39 is 0 Å². The average Bonchev–Trinajstić information content (AvgIpc) is 3.13. The van der Waals surface area contributed by atoms with Gasteiger partial charge in [-0.25, -0.2) is 9.66 Å². The number of aromatic nitrogens is 2. The number of halogens is 1. The van der Waals surface area contributed by atoms with E-state index in [-0.39, 0.29) is 0 Å². The fourth-order valence-electron chi connectivity index (χ4n) is 3.44. The fourth-order valence-corrected chi connectivity index (χ4v) is 3.72. The number of benzene rings is 4. The second-order valence-electron chi connectivity index (χ2n) is 6.83. The molecule has 0 aliphatic carbocycles. The minimum absolute atomic E-state index is 0.322.